The quantitative estimate of drug-likeness (QED) is 0.521. The molecule has 1 amide bonds. The average molecular weight is 504 g/mol. The van der Waals surface area contributed by atoms with Gasteiger partial charge in [-0.05, 0) is 47.9 Å². The molecule has 33 heavy (non-hydrogen) atoms. The van der Waals surface area contributed by atoms with Crippen molar-refractivity contribution >= 4 is 33.2 Å². The second-order valence-electron chi connectivity index (χ2n) is 8.43. The first-order valence-electron chi connectivity index (χ1n) is 11.0. The number of ether oxygens (including phenoxy) is 2. The third-order valence-corrected chi connectivity index (χ3v) is 7.19. The SMILES string of the molecule is CCc1ccc2c(c1)[C@]1(Oc3c(OC)cccc3[C@@H]3CC(c4ccc(Br)cc4)=NN31)C(=O)N2. The molecule has 6 rings (SSSR count). The van der Waals surface area contributed by atoms with Gasteiger partial charge < -0.3 is 14.8 Å². The summed E-state index contributed by atoms with van der Waals surface area (Å²) in [6.45, 7) is 2.10. The van der Waals surface area contributed by atoms with Gasteiger partial charge >= 0.3 is 5.72 Å². The number of rotatable bonds is 3. The highest BCUT2D eigenvalue weighted by atomic mass is 79.9. The number of anilines is 1. The van der Waals surface area contributed by atoms with E-state index in [1.165, 1.54) is 0 Å². The molecule has 3 heterocycles. The summed E-state index contributed by atoms with van der Waals surface area (Å²) in [6, 6.07) is 19.8. The van der Waals surface area contributed by atoms with Crippen LogP contribution in [-0.4, -0.2) is 23.7 Å². The van der Waals surface area contributed by atoms with E-state index < -0.39 is 5.72 Å². The maximum Gasteiger partial charge on any atom is 0.306 e. The molecule has 0 unspecified atom stereocenters. The largest absolute Gasteiger partial charge is 0.493 e. The number of fused-ring (bicyclic) bond motifs is 6. The summed E-state index contributed by atoms with van der Waals surface area (Å²) in [5, 5.41) is 9.90. The highest BCUT2D eigenvalue weighted by Gasteiger charge is 2.61. The summed E-state index contributed by atoms with van der Waals surface area (Å²) in [7, 11) is 1.62. The Morgan fingerprint density at radius 3 is 2.79 bits per heavy atom. The Morgan fingerprint density at radius 2 is 2.03 bits per heavy atom. The van der Waals surface area contributed by atoms with Crippen molar-refractivity contribution in [3.05, 3.63) is 87.4 Å². The smallest absolute Gasteiger partial charge is 0.306 e. The number of amides is 1. The molecular formula is C26H22BrN3O3. The van der Waals surface area contributed by atoms with Gasteiger partial charge in [-0.25, -0.2) is 5.01 Å². The van der Waals surface area contributed by atoms with Crippen LogP contribution in [0.15, 0.2) is 70.2 Å². The van der Waals surface area contributed by atoms with Crippen molar-refractivity contribution in [2.75, 3.05) is 12.4 Å². The summed E-state index contributed by atoms with van der Waals surface area (Å²) in [6.07, 6.45) is 1.51. The zero-order valence-electron chi connectivity index (χ0n) is 18.3. The van der Waals surface area contributed by atoms with E-state index in [9.17, 15) is 4.79 Å². The highest BCUT2D eigenvalue weighted by molar-refractivity contribution is 9.10. The van der Waals surface area contributed by atoms with Crippen LogP contribution in [0.3, 0.4) is 0 Å². The highest BCUT2D eigenvalue weighted by Crippen LogP contribution is 2.56. The van der Waals surface area contributed by atoms with Crippen LogP contribution in [0.1, 0.15) is 41.6 Å². The minimum atomic E-state index is -1.40. The number of hydrogen-bond donors (Lipinski definition) is 1. The fraction of sp³-hybridized carbons (Fsp3) is 0.231. The molecule has 1 N–H and O–H groups in total. The van der Waals surface area contributed by atoms with Gasteiger partial charge in [-0.15, -0.1) is 0 Å². The lowest BCUT2D eigenvalue weighted by molar-refractivity contribution is -0.161. The lowest BCUT2D eigenvalue weighted by Crippen LogP contribution is -2.55. The first kappa shape index (κ1) is 20.3. The van der Waals surface area contributed by atoms with Gasteiger partial charge in [0, 0.05) is 16.5 Å². The van der Waals surface area contributed by atoms with E-state index in [2.05, 4.69) is 34.2 Å². The molecule has 0 radical (unpaired) electrons. The van der Waals surface area contributed by atoms with Crippen LogP contribution < -0.4 is 14.8 Å². The van der Waals surface area contributed by atoms with Crippen molar-refractivity contribution in [3.8, 4) is 11.5 Å². The van der Waals surface area contributed by atoms with Crippen molar-refractivity contribution in [2.45, 2.75) is 31.5 Å². The Bertz CT molecular complexity index is 1320. The predicted molar refractivity (Wildman–Crippen MR) is 130 cm³/mol. The van der Waals surface area contributed by atoms with Gasteiger partial charge in [0.2, 0.25) is 0 Å². The van der Waals surface area contributed by atoms with Gasteiger partial charge in [-0.1, -0.05) is 53.2 Å². The fourth-order valence-electron chi connectivity index (χ4n) is 4.98. The van der Waals surface area contributed by atoms with E-state index in [-0.39, 0.29) is 11.9 Å². The van der Waals surface area contributed by atoms with E-state index >= 15 is 0 Å². The number of benzene rings is 3. The van der Waals surface area contributed by atoms with Gasteiger partial charge in [0.1, 0.15) is 0 Å². The Morgan fingerprint density at radius 1 is 1.21 bits per heavy atom. The molecule has 0 aliphatic carbocycles. The maximum atomic E-state index is 13.7. The number of nitrogens with one attached hydrogen (secondary N) is 1. The molecular weight excluding hydrogens is 482 g/mol. The Hall–Kier alpha value is -3.32. The van der Waals surface area contributed by atoms with Crippen molar-refractivity contribution in [3.63, 3.8) is 0 Å². The van der Waals surface area contributed by atoms with Crippen LogP contribution in [-0.2, 0) is 16.9 Å². The van der Waals surface area contributed by atoms with Crippen molar-refractivity contribution in [2.24, 2.45) is 5.10 Å². The Balaban J connectivity index is 1.59. The van der Waals surface area contributed by atoms with Crippen LogP contribution in [0, 0.1) is 0 Å². The lowest BCUT2D eigenvalue weighted by Gasteiger charge is -2.44. The topological polar surface area (TPSA) is 63.2 Å². The zero-order valence-corrected chi connectivity index (χ0v) is 19.8. The normalized spacial score (nSPS) is 22.3. The van der Waals surface area contributed by atoms with Crippen LogP contribution >= 0.6 is 15.9 Å². The fourth-order valence-corrected chi connectivity index (χ4v) is 5.24. The first-order chi connectivity index (χ1) is 16.0. The van der Waals surface area contributed by atoms with Crippen LogP contribution in [0.5, 0.6) is 11.5 Å². The molecule has 3 aromatic rings. The summed E-state index contributed by atoms with van der Waals surface area (Å²) >= 11 is 3.50. The third kappa shape index (κ3) is 2.85. The number of aryl methyl sites for hydroxylation is 1. The molecule has 1 spiro atoms. The van der Waals surface area contributed by atoms with Gasteiger partial charge in [0.25, 0.3) is 5.91 Å². The molecule has 6 nitrogen and oxygen atoms in total. The Kier molecular flexibility index (Phi) is 4.52. The number of hydrogen-bond acceptors (Lipinski definition) is 5. The second-order valence-corrected chi connectivity index (χ2v) is 9.35. The maximum absolute atomic E-state index is 13.7. The lowest BCUT2D eigenvalue weighted by atomic mass is 9.91. The Labute approximate surface area is 200 Å². The molecule has 2 atom stereocenters. The third-order valence-electron chi connectivity index (χ3n) is 6.66. The summed E-state index contributed by atoms with van der Waals surface area (Å²) in [4.78, 5) is 13.7. The van der Waals surface area contributed by atoms with Crippen LogP contribution in [0.4, 0.5) is 5.69 Å². The molecule has 3 aliphatic rings. The molecule has 3 aromatic carbocycles. The summed E-state index contributed by atoms with van der Waals surface area (Å²) in [5.74, 6) is 0.961. The van der Waals surface area contributed by atoms with Gasteiger partial charge in [0.15, 0.2) is 11.5 Å². The second kappa shape index (κ2) is 7.35. The molecule has 0 aromatic heterocycles. The van der Waals surface area contributed by atoms with E-state index in [1.54, 1.807) is 7.11 Å². The van der Waals surface area contributed by atoms with Crippen LogP contribution in [0.2, 0.25) is 0 Å². The first-order valence-corrected chi connectivity index (χ1v) is 11.8. The van der Waals surface area contributed by atoms with Crippen molar-refractivity contribution in [1.82, 2.24) is 5.01 Å². The summed E-state index contributed by atoms with van der Waals surface area (Å²) in [5.41, 5.74) is 4.17. The predicted octanol–water partition coefficient (Wildman–Crippen LogP) is 5.37. The minimum Gasteiger partial charge on any atom is -0.493 e. The van der Waals surface area contributed by atoms with Gasteiger partial charge in [0.05, 0.1) is 30.1 Å². The van der Waals surface area contributed by atoms with E-state index in [0.29, 0.717) is 17.9 Å². The average Bonchev–Trinajstić information content (AvgIpc) is 3.40. The minimum absolute atomic E-state index is 0.163. The summed E-state index contributed by atoms with van der Waals surface area (Å²) < 4.78 is 13.3. The number of carbonyl (C=O) groups is 1. The molecule has 0 saturated heterocycles. The molecule has 0 fully saturated rings. The molecule has 7 heteroatoms. The van der Waals surface area contributed by atoms with Crippen molar-refractivity contribution in [1.29, 1.82) is 0 Å². The standard InChI is InChI=1S/C26H22BrN3O3/c1-3-15-7-12-20-19(13-15)26(25(31)28-20)30-22(18-5-4-6-23(32-2)24(18)33-26)14-21(29-30)16-8-10-17(27)11-9-16/h4-13,22H,3,14H2,1-2H3,(H,28,31)/t22-,26-/m0/s1. The molecule has 0 bridgehead atoms. The van der Waals surface area contributed by atoms with E-state index in [1.807, 2.05) is 59.6 Å². The van der Waals surface area contributed by atoms with Gasteiger partial charge in [-0.2, -0.15) is 5.10 Å². The number of nitrogens with zero attached hydrogens (tertiary/aromatic N) is 2. The van der Waals surface area contributed by atoms with E-state index in [4.69, 9.17) is 14.6 Å². The molecule has 166 valence electrons. The zero-order chi connectivity index (χ0) is 22.7. The van der Waals surface area contributed by atoms with Crippen molar-refractivity contribution < 1.29 is 14.3 Å². The molecule has 0 saturated carbocycles. The molecule has 3 aliphatic heterocycles. The van der Waals surface area contributed by atoms with E-state index in [0.717, 1.165) is 44.5 Å². The monoisotopic (exact) mass is 503 g/mol. The van der Waals surface area contributed by atoms with Gasteiger partial charge in [-0.3, -0.25) is 4.79 Å². The number of halogens is 1. The number of hydrazone groups is 1. The number of methoxy groups -OCH3 is 1. The number of para-hydroxylation sites is 1. The number of carbonyl (C=O) groups excluding carboxylic acids is 1. The van der Waals surface area contributed by atoms with Crippen LogP contribution in [0.25, 0.3) is 0 Å².